The maximum absolute atomic E-state index is 4.31. The van der Waals surface area contributed by atoms with Crippen LogP contribution in [0.5, 0.6) is 0 Å². The number of hydrogen-bond donors (Lipinski definition) is 1. The molecule has 2 aliphatic rings. The van der Waals surface area contributed by atoms with E-state index in [1.54, 1.807) is 0 Å². The van der Waals surface area contributed by atoms with Crippen LogP contribution in [0.1, 0.15) is 39.2 Å². The van der Waals surface area contributed by atoms with E-state index in [0.29, 0.717) is 17.5 Å². The van der Waals surface area contributed by atoms with E-state index in [-0.39, 0.29) is 0 Å². The molecule has 3 rings (SSSR count). The first-order chi connectivity index (χ1) is 9.93. The van der Waals surface area contributed by atoms with Crippen LogP contribution in [0.2, 0.25) is 0 Å². The zero-order chi connectivity index (χ0) is 15.0. The fraction of sp³-hybridized carbons (Fsp3) is 0.706. The summed E-state index contributed by atoms with van der Waals surface area (Å²) < 4.78 is 1.07. The van der Waals surface area contributed by atoms with E-state index < -0.39 is 0 Å². The van der Waals surface area contributed by atoms with Crippen LogP contribution in [0.15, 0.2) is 22.9 Å². The van der Waals surface area contributed by atoms with Crippen molar-refractivity contribution in [2.45, 2.75) is 52.2 Å². The average molecular weight is 352 g/mol. The van der Waals surface area contributed by atoms with Gasteiger partial charge >= 0.3 is 0 Å². The van der Waals surface area contributed by atoms with Crippen LogP contribution in [0, 0.1) is 11.3 Å². The van der Waals surface area contributed by atoms with Gasteiger partial charge in [0.2, 0.25) is 0 Å². The van der Waals surface area contributed by atoms with Gasteiger partial charge in [-0.2, -0.15) is 0 Å². The first-order valence-electron chi connectivity index (χ1n) is 8.00. The quantitative estimate of drug-likeness (QED) is 0.903. The molecule has 1 saturated heterocycles. The van der Waals surface area contributed by atoms with Gasteiger partial charge in [0.05, 0.1) is 0 Å². The van der Waals surface area contributed by atoms with Gasteiger partial charge in [-0.1, -0.05) is 20.8 Å². The third-order valence-electron chi connectivity index (χ3n) is 4.78. The van der Waals surface area contributed by atoms with Crippen LogP contribution in [-0.2, 0) is 6.54 Å². The predicted octanol–water partition coefficient (Wildman–Crippen LogP) is 3.44. The monoisotopic (exact) mass is 351 g/mol. The maximum atomic E-state index is 4.31. The lowest BCUT2D eigenvalue weighted by molar-refractivity contribution is 0.0448. The van der Waals surface area contributed by atoms with Gasteiger partial charge in [0.25, 0.3) is 0 Å². The van der Waals surface area contributed by atoms with Gasteiger partial charge < -0.3 is 5.32 Å². The molecule has 21 heavy (non-hydrogen) atoms. The molecule has 1 aliphatic carbocycles. The Balaban J connectivity index is 1.75. The molecular weight excluding hydrogens is 326 g/mol. The second kappa shape index (κ2) is 5.98. The van der Waals surface area contributed by atoms with Gasteiger partial charge in [-0.15, -0.1) is 0 Å². The fourth-order valence-corrected chi connectivity index (χ4v) is 3.87. The van der Waals surface area contributed by atoms with Crippen LogP contribution >= 0.6 is 15.9 Å². The lowest BCUT2D eigenvalue weighted by Crippen LogP contribution is -2.60. The zero-order valence-corrected chi connectivity index (χ0v) is 14.9. The third-order valence-corrected chi connectivity index (χ3v) is 5.22. The second-order valence-electron chi connectivity index (χ2n) is 7.67. The number of aromatic nitrogens is 1. The highest BCUT2D eigenvalue weighted by Crippen LogP contribution is 2.36. The average Bonchev–Trinajstić information content (AvgIpc) is 3.21. The van der Waals surface area contributed by atoms with Crippen molar-refractivity contribution in [3.63, 3.8) is 0 Å². The molecule has 116 valence electrons. The minimum atomic E-state index is 0.293. The van der Waals surface area contributed by atoms with Gasteiger partial charge in [-0.3, -0.25) is 9.88 Å². The molecule has 2 unspecified atom stereocenters. The van der Waals surface area contributed by atoms with Crippen molar-refractivity contribution < 1.29 is 0 Å². The second-order valence-corrected chi connectivity index (χ2v) is 8.59. The highest BCUT2D eigenvalue weighted by atomic mass is 79.9. The molecule has 1 saturated carbocycles. The van der Waals surface area contributed by atoms with Crippen LogP contribution in [0.25, 0.3) is 0 Å². The summed E-state index contributed by atoms with van der Waals surface area (Å²) in [4.78, 5) is 6.98. The van der Waals surface area contributed by atoms with E-state index >= 15 is 0 Å². The van der Waals surface area contributed by atoms with Crippen molar-refractivity contribution in [3.8, 4) is 0 Å². The first kappa shape index (κ1) is 15.4. The molecule has 0 radical (unpaired) electrons. The highest BCUT2D eigenvalue weighted by Gasteiger charge is 2.40. The summed E-state index contributed by atoms with van der Waals surface area (Å²) in [5.74, 6) is 0.911. The lowest BCUT2D eigenvalue weighted by atomic mass is 9.83. The van der Waals surface area contributed by atoms with Crippen molar-refractivity contribution in [1.29, 1.82) is 0 Å². The summed E-state index contributed by atoms with van der Waals surface area (Å²) in [7, 11) is 0. The van der Waals surface area contributed by atoms with Gasteiger partial charge in [-0.25, -0.2) is 0 Å². The van der Waals surface area contributed by atoms with Crippen molar-refractivity contribution in [2.24, 2.45) is 11.3 Å². The fourth-order valence-electron chi connectivity index (χ4n) is 3.46. The molecule has 2 atom stereocenters. The van der Waals surface area contributed by atoms with Crippen LogP contribution in [0.4, 0.5) is 0 Å². The Morgan fingerprint density at radius 2 is 2.10 bits per heavy atom. The Labute approximate surface area is 136 Å². The molecule has 2 heterocycles. The van der Waals surface area contributed by atoms with Crippen LogP contribution in [-0.4, -0.2) is 35.1 Å². The van der Waals surface area contributed by atoms with Crippen LogP contribution in [0.3, 0.4) is 0 Å². The molecule has 4 heteroatoms. The van der Waals surface area contributed by atoms with Gasteiger partial charge in [0.1, 0.15) is 0 Å². The Hall–Kier alpha value is -0.450. The summed E-state index contributed by atoms with van der Waals surface area (Å²) in [6, 6.07) is 3.45. The minimum Gasteiger partial charge on any atom is -0.311 e. The SMILES string of the molecule is CC(C)(C)C1CNC(C2CC2)CN1Cc1cncc(Br)c1. The number of nitrogens with one attached hydrogen (secondary N) is 1. The summed E-state index contributed by atoms with van der Waals surface area (Å²) in [6.07, 6.45) is 6.67. The standard InChI is InChI=1S/C17H26BrN3/c1-17(2,3)16-9-20-15(13-4-5-13)11-21(16)10-12-6-14(18)8-19-7-12/h6-8,13,15-16,20H,4-5,9-11H2,1-3H3. The molecule has 0 spiro atoms. The van der Waals surface area contributed by atoms with E-state index in [1.165, 1.54) is 24.9 Å². The Kier molecular flexibility index (Phi) is 4.40. The Morgan fingerprint density at radius 1 is 1.33 bits per heavy atom. The van der Waals surface area contributed by atoms with Crippen molar-refractivity contribution in [2.75, 3.05) is 13.1 Å². The van der Waals surface area contributed by atoms with Gasteiger partial charge in [0.15, 0.2) is 0 Å². The maximum Gasteiger partial charge on any atom is 0.0410 e. The molecule has 1 aromatic heterocycles. The molecule has 3 nitrogen and oxygen atoms in total. The lowest BCUT2D eigenvalue weighted by Gasteiger charge is -2.46. The number of nitrogens with zero attached hydrogens (tertiary/aromatic N) is 2. The first-order valence-corrected chi connectivity index (χ1v) is 8.79. The molecule has 1 N–H and O–H groups in total. The van der Waals surface area contributed by atoms with Gasteiger partial charge in [0, 0.05) is 48.6 Å². The summed E-state index contributed by atoms with van der Waals surface area (Å²) in [5.41, 5.74) is 1.59. The largest absolute Gasteiger partial charge is 0.311 e. The predicted molar refractivity (Wildman–Crippen MR) is 90.1 cm³/mol. The smallest absolute Gasteiger partial charge is 0.0410 e. The number of piperazine rings is 1. The topological polar surface area (TPSA) is 28.2 Å². The zero-order valence-electron chi connectivity index (χ0n) is 13.3. The van der Waals surface area contributed by atoms with E-state index in [0.717, 1.165) is 23.5 Å². The molecular formula is C17H26BrN3. The van der Waals surface area contributed by atoms with Gasteiger partial charge in [-0.05, 0) is 51.7 Å². The Bertz CT molecular complexity index is 493. The summed E-state index contributed by atoms with van der Waals surface area (Å²) >= 11 is 3.53. The van der Waals surface area contributed by atoms with Crippen molar-refractivity contribution in [1.82, 2.24) is 15.2 Å². The molecule has 0 aromatic carbocycles. The normalized spacial score (nSPS) is 27.8. The number of halogens is 1. The van der Waals surface area contributed by atoms with E-state index in [4.69, 9.17) is 0 Å². The third kappa shape index (κ3) is 3.85. The van der Waals surface area contributed by atoms with Crippen molar-refractivity contribution >= 4 is 15.9 Å². The molecule has 0 amide bonds. The summed E-state index contributed by atoms with van der Waals surface area (Å²) in [5, 5.41) is 3.80. The highest BCUT2D eigenvalue weighted by molar-refractivity contribution is 9.10. The van der Waals surface area contributed by atoms with E-state index in [2.05, 4.69) is 58.0 Å². The molecule has 1 aliphatic heterocycles. The van der Waals surface area contributed by atoms with E-state index in [9.17, 15) is 0 Å². The number of hydrogen-bond acceptors (Lipinski definition) is 3. The Morgan fingerprint density at radius 3 is 2.71 bits per heavy atom. The van der Waals surface area contributed by atoms with Crippen LogP contribution < -0.4 is 5.32 Å². The number of rotatable bonds is 3. The summed E-state index contributed by atoms with van der Waals surface area (Å²) in [6.45, 7) is 10.3. The van der Waals surface area contributed by atoms with E-state index in [1.807, 2.05) is 12.4 Å². The molecule has 2 fully saturated rings. The van der Waals surface area contributed by atoms with Crippen molar-refractivity contribution in [3.05, 3.63) is 28.5 Å². The molecule has 1 aromatic rings. The molecule has 0 bridgehead atoms. The minimum absolute atomic E-state index is 0.293. The number of pyridine rings is 1.